The second kappa shape index (κ2) is 4.96. The van der Waals surface area contributed by atoms with Crippen LogP contribution in [0.25, 0.3) is 11.3 Å². The molecule has 0 saturated heterocycles. The first kappa shape index (κ1) is 14.0. The average molecular weight is 337 g/mol. The van der Waals surface area contributed by atoms with Crippen LogP contribution in [-0.2, 0) is 18.6 Å². The van der Waals surface area contributed by atoms with E-state index in [1.54, 1.807) is 6.07 Å². The zero-order valence-electron chi connectivity index (χ0n) is 9.80. The summed E-state index contributed by atoms with van der Waals surface area (Å²) in [6.07, 6.45) is -3.39. The zero-order valence-corrected chi connectivity index (χ0v) is 11.4. The van der Waals surface area contributed by atoms with Crippen molar-refractivity contribution in [2.75, 3.05) is 0 Å². The predicted octanol–water partition coefficient (Wildman–Crippen LogP) is 4.14. The van der Waals surface area contributed by atoms with Gasteiger partial charge in [0.15, 0.2) is 0 Å². The number of aromatic nitrogens is 2. The van der Waals surface area contributed by atoms with Crippen LogP contribution in [0.4, 0.5) is 17.6 Å². The van der Waals surface area contributed by atoms with Crippen molar-refractivity contribution in [3.63, 3.8) is 0 Å². The number of halogens is 5. The van der Waals surface area contributed by atoms with Crippen molar-refractivity contribution in [1.29, 1.82) is 0 Å². The maximum Gasteiger partial charge on any atom is 0.449 e. The molecule has 19 heavy (non-hydrogen) atoms. The van der Waals surface area contributed by atoms with Gasteiger partial charge < -0.3 is 4.57 Å². The second-order valence-corrected chi connectivity index (χ2v) is 4.57. The molecule has 1 aromatic carbocycles. The lowest BCUT2D eigenvalue weighted by Crippen LogP contribution is -2.12. The fraction of sp³-hybridized carbons (Fsp3) is 0.250. The molecule has 0 atom stereocenters. The van der Waals surface area contributed by atoms with Gasteiger partial charge >= 0.3 is 6.18 Å². The van der Waals surface area contributed by atoms with Crippen LogP contribution in [0.5, 0.6) is 0 Å². The Labute approximate surface area is 115 Å². The molecule has 2 rings (SSSR count). The Morgan fingerprint density at radius 3 is 2.47 bits per heavy atom. The van der Waals surface area contributed by atoms with E-state index in [1.807, 2.05) is 0 Å². The van der Waals surface area contributed by atoms with Gasteiger partial charge in [0.1, 0.15) is 5.82 Å². The van der Waals surface area contributed by atoms with Crippen LogP contribution in [0.2, 0.25) is 0 Å². The molecular weight excluding hydrogens is 328 g/mol. The number of hydrogen-bond acceptors (Lipinski definition) is 1. The Hall–Kier alpha value is -1.37. The minimum Gasteiger partial charge on any atom is -0.330 e. The van der Waals surface area contributed by atoms with E-state index in [-0.39, 0.29) is 11.3 Å². The summed E-state index contributed by atoms with van der Waals surface area (Å²) in [5.41, 5.74) is 0.720. The van der Waals surface area contributed by atoms with Crippen LogP contribution in [0.3, 0.4) is 0 Å². The summed E-state index contributed by atoms with van der Waals surface area (Å²) < 4.78 is 52.5. The van der Waals surface area contributed by atoms with Gasteiger partial charge in [-0.15, -0.1) is 0 Å². The van der Waals surface area contributed by atoms with Crippen molar-refractivity contribution in [2.45, 2.75) is 11.5 Å². The van der Waals surface area contributed by atoms with E-state index >= 15 is 0 Å². The minimum absolute atomic E-state index is 0.0338. The normalized spacial score (nSPS) is 11.9. The molecule has 0 saturated carbocycles. The molecule has 0 aliphatic rings. The molecule has 0 aliphatic heterocycles. The van der Waals surface area contributed by atoms with Gasteiger partial charge in [-0.3, -0.25) is 0 Å². The lowest BCUT2D eigenvalue weighted by atomic mass is 10.1. The number of benzene rings is 1. The SMILES string of the molecule is Cn1cc(-c2ccc(CBr)cc2F)nc1C(F)(F)F. The fourth-order valence-electron chi connectivity index (χ4n) is 1.71. The zero-order chi connectivity index (χ0) is 14.2. The van der Waals surface area contributed by atoms with Gasteiger partial charge in [0.05, 0.1) is 5.69 Å². The van der Waals surface area contributed by atoms with Crippen molar-refractivity contribution in [1.82, 2.24) is 9.55 Å². The van der Waals surface area contributed by atoms with Gasteiger partial charge in [-0.1, -0.05) is 22.0 Å². The fourth-order valence-corrected chi connectivity index (χ4v) is 2.06. The third-order valence-electron chi connectivity index (χ3n) is 2.59. The smallest absolute Gasteiger partial charge is 0.330 e. The van der Waals surface area contributed by atoms with Crippen molar-refractivity contribution < 1.29 is 17.6 Å². The molecule has 1 heterocycles. The highest BCUT2D eigenvalue weighted by molar-refractivity contribution is 9.08. The molecule has 2 nitrogen and oxygen atoms in total. The summed E-state index contributed by atoms with van der Waals surface area (Å²) in [5.74, 6) is -1.64. The summed E-state index contributed by atoms with van der Waals surface area (Å²) in [5, 5.41) is 0.472. The molecule has 1 aromatic heterocycles. The number of alkyl halides is 4. The van der Waals surface area contributed by atoms with Crippen LogP contribution in [0.1, 0.15) is 11.4 Å². The summed E-state index contributed by atoms with van der Waals surface area (Å²) >= 11 is 3.18. The molecule has 0 amide bonds. The third kappa shape index (κ3) is 2.80. The average Bonchev–Trinajstić information content (AvgIpc) is 2.70. The first-order chi connectivity index (χ1) is 8.82. The van der Waals surface area contributed by atoms with Crippen LogP contribution >= 0.6 is 15.9 Å². The quantitative estimate of drug-likeness (QED) is 0.595. The topological polar surface area (TPSA) is 17.8 Å². The van der Waals surface area contributed by atoms with E-state index in [9.17, 15) is 17.6 Å². The maximum absolute atomic E-state index is 13.8. The Kier molecular flexibility index (Phi) is 3.66. The van der Waals surface area contributed by atoms with E-state index < -0.39 is 17.8 Å². The van der Waals surface area contributed by atoms with Crippen molar-refractivity contribution in [3.8, 4) is 11.3 Å². The number of aryl methyl sites for hydroxylation is 1. The maximum atomic E-state index is 13.8. The molecular formula is C12H9BrF4N2. The van der Waals surface area contributed by atoms with Gasteiger partial charge in [0.25, 0.3) is 0 Å². The molecule has 0 aliphatic carbocycles. The van der Waals surface area contributed by atoms with Crippen LogP contribution in [-0.4, -0.2) is 9.55 Å². The number of hydrogen-bond donors (Lipinski definition) is 0. The van der Waals surface area contributed by atoms with E-state index in [4.69, 9.17) is 0 Å². The number of rotatable bonds is 2. The van der Waals surface area contributed by atoms with Crippen LogP contribution < -0.4 is 0 Å². The monoisotopic (exact) mass is 336 g/mol. The predicted molar refractivity (Wildman–Crippen MR) is 66.2 cm³/mol. The van der Waals surface area contributed by atoms with Crippen molar-refractivity contribution >= 4 is 15.9 Å². The molecule has 0 unspecified atom stereocenters. The Bertz CT molecular complexity index is 604. The Balaban J connectivity index is 2.49. The molecule has 0 bridgehead atoms. The number of imidazole rings is 1. The number of nitrogens with zero attached hydrogens (tertiary/aromatic N) is 2. The molecule has 2 aromatic rings. The van der Waals surface area contributed by atoms with E-state index in [0.717, 1.165) is 10.8 Å². The van der Waals surface area contributed by atoms with Crippen molar-refractivity contribution in [3.05, 3.63) is 41.6 Å². The molecule has 0 spiro atoms. The largest absolute Gasteiger partial charge is 0.449 e. The van der Waals surface area contributed by atoms with Crippen LogP contribution in [0, 0.1) is 5.82 Å². The Morgan fingerprint density at radius 2 is 2.00 bits per heavy atom. The van der Waals surface area contributed by atoms with Crippen molar-refractivity contribution in [2.24, 2.45) is 7.05 Å². The van der Waals surface area contributed by atoms with Gasteiger partial charge in [0, 0.05) is 24.1 Å². The standard InChI is InChI=1S/C12H9BrF4N2/c1-19-6-10(18-11(19)12(15,16)17)8-3-2-7(5-13)4-9(8)14/h2-4,6H,5H2,1H3. The molecule has 7 heteroatoms. The van der Waals surface area contributed by atoms with Gasteiger partial charge in [-0.05, 0) is 17.7 Å². The lowest BCUT2D eigenvalue weighted by molar-refractivity contribution is -0.146. The van der Waals surface area contributed by atoms with Gasteiger partial charge in [-0.25, -0.2) is 9.37 Å². The highest BCUT2D eigenvalue weighted by Gasteiger charge is 2.36. The first-order valence-electron chi connectivity index (χ1n) is 5.28. The second-order valence-electron chi connectivity index (χ2n) is 4.01. The van der Waals surface area contributed by atoms with E-state index in [1.165, 1.54) is 19.2 Å². The van der Waals surface area contributed by atoms with E-state index in [0.29, 0.717) is 10.9 Å². The Morgan fingerprint density at radius 1 is 1.32 bits per heavy atom. The molecule has 0 N–H and O–H groups in total. The minimum atomic E-state index is -4.56. The van der Waals surface area contributed by atoms with Gasteiger partial charge in [-0.2, -0.15) is 13.2 Å². The summed E-state index contributed by atoms with van der Waals surface area (Å²) in [7, 11) is 1.23. The summed E-state index contributed by atoms with van der Waals surface area (Å²) in [6, 6.07) is 4.33. The highest BCUT2D eigenvalue weighted by Crippen LogP contribution is 2.31. The summed E-state index contributed by atoms with van der Waals surface area (Å²) in [6.45, 7) is 0. The van der Waals surface area contributed by atoms with Gasteiger partial charge in [0.2, 0.25) is 5.82 Å². The third-order valence-corrected chi connectivity index (χ3v) is 3.24. The highest BCUT2D eigenvalue weighted by atomic mass is 79.9. The first-order valence-corrected chi connectivity index (χ1v) is 6.40. The van der Waals surface area contributed by atoms with E-state index in [2.05, 4.69) is 20.9 Å². The van der Waals surface area contributed by atoms with Crippen LogP contribution in [0.15, 0.2) is 24.4 Å². The lowest BCUT2D eigenvalue weighted by Gasteiger charge is -2.04. The molecule has 0 fully saturated rings. The summed E-state index contributed by atoms with van der Waals surface area (Å²) in [4.78, 5) is 3.45. The molecule has 102 valence electrons. The molecule has 0 radical (unpaired) electrons.